The molecule has 0 unspecified atom stereocenters. The third-order valence-corrected chi connectivity index (χ3v) is 5.16. The normalized spacial score (nSPS) is 13.1. The van der Waals surface area contributed by atoms with Crippen molar-refractivity contribution in [2.45, 2.75) is 33.7 Å². The summed E-state index contributed by atoms with van der Waals surface area (Å²) in [6.07, 6.45) is 2.12. The van der Waals surface area contributed by atoms with Crippen molar-refractivity contribution >= 4 is 34.8 Å². The molecule has 0 heterocycles. The summed E-state index contributed by atoms with van der Waals surface area (Å²) < 4.78 is 10.3. The molecule has 0 bridgehead atoms. The monoisotopic (exact) mass is 470 g/mol. The minimum absolute atomic E-state index is 0.260. The lowest BCUT2D eigenvalue weighted by molar-refractivity contribution is -0.114. The van der Waals surface area contributed by atoms with E-state index in [-0.39, 0.29) is 11.6 Å². The molecule has 31 heavy (non-hydrogen) atoms. The Kier molecular flexibility index (Phi) is 12.9. The lowest BCUT2D eigenvalue weighted by Crippen LogP contribution is -2.37. The molecule has 0 spiro atoms. The largest absolute Gasteiger partial charge is 0.404 e. The van der Waals surface area contributed by atoms with Gasteiger partial charge in [-0.2, -0.15) is 0 Å². The fourth-order valence-electron chi connectivity index (χ4n) is 2.41. The van der Waals surface area contributed by atoms with Gasteiger partial charge in [0, 0.05) is 13.7 Å². The van der Waals surface area contributed by atoms with E-state index in [0.29, 0.717) is 54.3 Å². The molecule has 0 aliphatic rings. The zero-order valence-electron chi connectivity index (χ0n) is 18.6. The second-order valence-electron chi connectivity index (χ2n) is 6.75. The van der Waals surface area contributed by atoms with Crippen LogP contribution in [-0.2, 0) is 20.8 Å². The fraction of sp³-hybridized carbons (Fsp3) is 0.455. The molecule has 1 amide bonds. The Hall–Kier alpha value is -2.06. The number of rotatable bonds is 13. The Morgan fingerprint density at radius 1 is 1.19 bits per heavy atom. The summed E-state index contributed by atoms with van der Waals surface area (Å²) in [7, 11) is 1.61. The summed E-state index contributed by atoms with van der Waals surface area (Å²) in [5.41, 5.74) is 8.40. The highest BCUT2D eigenvalue weighted by atomic mass is 35.5. The molecule has 7 nitrogen and oxygen atoms in total. The van der Waals surface area contributed by atoms with Crippen molar-refractivity contribution in [2.75, 3.05) is 33.5 Å². The third kappa shape index (κ3) is 9.74. The first-order valence-electron chi connectivity index (χ1n) is 10.0. The van der Waals surface area contributed by atoms with Crippen LogP contribution in [-0.4, -0.2) is 45.1 Å². The minimum atomic E-state index is -0.347. The van der Waals surface area contributed by atoms with Crippen LogP contribution < -0.4 is 16.4 Å². The topological polar surface area (TPSA) is 98.0 Å². The highest BCUT2D eigenvalue weighted by Crippen LogP contribution is 2.22. The smallest absolute Gasteiger partial charge is 0.275 e. The summed E-state index contributed by atoms with van der Waals surface area (Å²) >= 11 is 12.1. The molecule has 0 saturated carbocycles. The molecule has 0 saturated heterocycles. The van der Waals surface area contributed by atoms with Crippen molar-refractivity contribution in [3.05, 3.63) is 57.0 Å². The van der Waals surface area contributed by atoms with E-state index in [4.69, 9.17) is 38.4 Å². The maximum atomic E-state index is 12.9. The molecule has 1 rings (SSSR count). The van der Waals surface area contributed by atoms with Gasteiger partial charge >= 0.3 is 0 Å². The zero-order valence-corrected chi connectivity index (χ0v) is 20.1. The van der Waals surface area contributed by atoms with E-state index in [0.717, 1.165) is 17.6 Å². The summed E-state index contributed by atoms with van der Waals surface area (Å²) in [6.45, 7) is 7.86. The number of aliphatic imine (C=N–C) groups is 1. The van der Waals surface area contributed by atoms with Gasteiger partial charge in [0.1, 0.15) is 11.5 Å². The first-order valence-corrected chi connectivity index (χ1v) is 10.8. The molecule has 0 aliphatic carbocycles. The molecular weight excluding hydrogens is 439 g/mol. The van der Waals surface area contributed by atoms with Gasteiger partial charge in [0.05, 0.1) is 36.4 Å². The predicted octanol–water partition coefficient (Wildman–Crippen LogP) is 3.81. The van der Waals surface area contributed by atoms with Crippen LogP contribution in [0.5, 0.6) is 0 Å². The van der Waals surface area contributed by atoms with Crippen LogP contribution in [0.2, 0.25) is 10.0 Å². The number of ether oxygens (including phenoxy) is 2. The van der Waals surface area contributed by atoms with Gasteiger partial charge in [0.2, 0.25) is 0 Å². The number of hydrogen-bond donors (Lipinski definition) is 3. The number of amides is 1. The van der Waals surface area contributed by atoms with Gasteiger partial charge in [0.25, 0.3) is 5.91 Å². The third-order valence-electron chi connectivity index (χ3n) is 4.42. The average molecular weight is 471 g/mol. The SMILES string of the molecule is CCC(C)=C(NCc1ccc(Cl)c(Cl)c1)NC(=O)C(=NCCOCCOC)/C(C)=C\N. The molecule has 172 valence electrons. The maximum Gasteiger partial charge on any atom is 0.275 e. The van der Waals surface area contributed by atoms with Gasteiger partial charge in [-0.1, -0.05) is 36.2 Å². The Labute approximate surface area is 194 Å². The van der Waals surface area contributed by atoms with E-state index in [9.17, 15) is 4.79 Å². The minimum Gasteiger partial charge on any atom is -0.404 e. The van der Waals surface area contributed by atoms with E-state index in [1.54, 1.807) is 26.2 Å². The van der Waals surface area contributed by atoms with Crippen LogP contribution in [0.3, 0.4) is 0 Å². The number of nitrogens with zero attached hydrogens (tertiary/aromatic N) is 1. The van der Waals surface area contributed by atoms with E-state index < -0.39 is 0 Å². The Morgan fingerprint density at radius 2 is 1.94 bits per heavy atom. The molecule has 0 fully saturated rings. The first kappa shape index (κ1) is 27.0. The molecule has 0 radical (unpaired) electrons. The number of nitrogens with one attached hydrogen (secondary N) is 2. The number of carbonyl (C=O) groups excluding carboxylic acids is 1. The quantitative estimate of drug-likeness (QED) is 0.300. The molecule has 0 atom stereocenters. The molecule has 9 heteroatoms. The van der Waals surface area contributed by atoms with Crippen molar-refractivity contribution in [1.29, 1.82) is 0 Å². The average Bonchev–Trinajstić information content (AvgIpc) is 2.77. The van der Waals surface area contributed by atoms with Crippen molar-refractivity contribution in [3.63, 3.8) is 0 Å². The van der Waals surface area contributed by atoms with Gasteiger partial charge in [-0.3, -0.25) is 9.79 Å². The second-order valence-corrected chi connectivity index (χ2v) is 7.56. The number of allylic oxidation sites excluding steroid dienone is 1. The standard InChI is InChI=1S/C22H32Cl2N4O3/c1-5-15(2)21(27-14-17-6-7-18(23)19(24)12-17)28-22(29)20(16(3)13-25)26-8-9-31-11-10-30-4/h6-7,12-13,27H,5,8-11,14,25H2,1-4H3,(H,28,29)/b16-13-,21-15?,26-20?. The van der Waals surface area contributed by atoms with Gasteiger partial charge in [-0.15, -0.1) is 0 Å². The van der Waals surface area contributed by atoms with E-state index >= 15 is 0 Å². The number of benzene rings is 1. The predicted molar refractivity (Wildman–Crippen MR) is 127 cm³/mol. The van der Waals surface area contributed by atoms with Crippen molar-refractivity contribution in [2.24, 2.45) is 10.7 Å². The van der Waals surface area contributed by atoms with Gasteiger partial charge in [-0.25, -0.2) is 0 Å². The zero-order chi connectivity index (χ0) is 23.2. The molecule has 1 aromatic carbocycles. The lowest BCUT2D eigenvalue weighted by atomic mass is 10.1. The van der Waals surface area contributed by atoms with Gasteiger partial charge in [0.15, 0.2) is 0 Å². The number of halogens is 2. The number of nitrogens with two attached hydrogens (primary N) is 1. The maximum absolute atomic E-state index is 12.9. The summed E-state index contributed by atoms with van der Waals surface area (Å²) in [6, 6.07) is 5.40. The van der Waals surface area contributed by atoms with E-state index in [1.807, 2.05) is 19.9 Å². The summed E-state index contributed by atoms with van der Waals surface area (Å²) in [5, 5.41) is 7.17. The molecule has 0 aromatic heterocycles. The van der Waals surface area contributed by atoms with E-state index in [2.05, 4.69) is 15.6 Å². The Morgan fingerprint density at radius 3 is 2.55 bits per heavy atom. The van der Waals surface area contributed by atoms with E-state index in [1.165, 1.54) is 6.20 Å². The Balaban J connectivity index is 2.87. The van der Waals surface area contributed by atoms with Crippen LogP contribution in [0, 0.1) is 0 Å². The van der Waals surface area contributed by atoms with Crippen LogP contribution in [0.4, 0.5) is 0 Å². The van der Waals surface area contributed by atoms with Gasteiger partial charge < -0.3 is 25.8 Å². The second kappa shape index (κ2) is 14.9. The van der Waals surface area contributed by atoms with Crippen LogP contribution in [0.15, 0.2) is 46.4 Å². The summed E-state index contributed by atoms with van der Waals surface area (Å²) in [4.78, 5) is 17.3. The van der Waals surface area contributed by atoms with Crippen LogP contribution in [0.1, 0.15) is 32.8 Å². The molecule has 0 aliphatic heterocycles. The molecule has 4 N–H and O–H groups in total. The van der Waals surface area contributed by atoms with Crippen molar-refractivity contribution < 1.29 is 14.3 Å². The fourth-order valence-corrected chi connectivity index (χ4v) is 2.73. The number of methoxy groups -OCH3 is 1. The highest BCUT2D eigenvalue weighted by molar-refractivity contribution is 6.45. The van der Waals surface area contributed by atoms with Crippen molar-refractivity contribution in [1.82, 2.24) is 10.6 Å². The number of carbonyl (C=O) groups is 1. The van der Waals surface area contributed by atoms with Crippen molar-refractivity contribution in [3.8, 4) is 0 Å². The first-order chi connectivity index (χ1) is 14.8. The van der Waals surface area contributed by atoms with Crippen LogP contribution >= 0.6 is 23.2 Å². The van der Waals surface area contributed by atoms with Crippen LogP contribution in [0.25, 0.3) is 0 Å². The lowest BCUT2D eigenvalue weighted by Gasteiger charge is -2.17. The Bertz CT molecular complexity index is 823. The molecule has 1 aromatic rings. The number of hydrogen-bond acceptors (Lipinski definition) is 6. The summed E-state index contributed by atoms with van der Waals surface area (Å²) in [5.74, 6) is 0.271. The molecular formula is C22H32Cl2N4O3. The highest BCUT2D eigenvalue weighted by Gasteiger charge is 2.16. The van der Waals surface area contributed by atoms with Gasteiger partial charge in [-0.05, 0) is 55.3 Å².